The van der Waals surface area contributed by atoms with Crippen LogP contribution in [-0.4, -0.2) is 40.8 Å². The van der Waals surface area contributed by atoms with Gasteiger partial charge in [-0.1, -0.05) is 18.3 Å². The van der Waals surface area contributed by atoms with E-state index in [9.17, 15) is 5.11 Å². The van der Waals surface area contributed by atoms with Crippen LogP contribution >= 0.6 is 23.1 Å². The summed E-state index contributed by atoms with van der Waals surface area (Å²) in [6.45, 7) is 6.05. The van der Waals surface area contributed by atoms with Crippen LogP contribution in [0.25, 0.3) is 0 Å². The Hall–Kier alpha value is -0.300. The molecule has 2 unspecified atom stereocenters. The molecule has 1 aromatic heterocycles. The Morgan fingerprint density at radius 3 is 2.94 bits per heavy atom. The Balaban J connectivity index is 2.21. The summed E-state index contributed by atoms with van der Waals surface area (Å²) in [5.74, 6) is 1.14. The summed E-state index contributed by atoms with van der Waals surface area (Å²) >= 11 is 3.60. The van der Waals surface area contributed by atoms with Gasteiger partial charge in [0.1, 0.15) is 0 Å². The number of rotatable bonds is 4. The highest BCUT2D eigenvalue weighted by atomic mass is 32.2. The van der Waals surface area contributed by atoms with E-state index in [-0.39, 0.29) is 6.61 Å². The highest BCUT2D eigenvalue weighted by Gasteiger charge is 2.28. The summed E-state index contributed by atoms with van der Waals surface area (Å²) < 4.78 is 5.13. The minimum Gasteiger partial charge on any atom is -0.391 e. The van der Waals surface area contributed by atoms with Crippen molar-refractivity contribution < 1.29 is 9.84 Å². The molecule has 2 rings (SSSR count). The van der Waals surface area contributed by atoms with Gasteiger partial charge < -0.3 is 14.7 Å². The lowest BCUT2D eigenvalue weighted by Gasteiger charge is -2.37. The van der Waals surface area contributed by atoms with E-state index in [1.807, 2.05) is 11.8 Å². The predicted molar refractivity (Wildman–Crippen MR) is 77.5 cm³/mol. The van der Waals surface area contributed by atoms with Crippen molar-refractivity contribution in [1.82, 2.24) is 4.98 Å². The van der Waals surface area contributed by atoms with Gasteiger partial charge in [0.25, 0.3) is 0 Å². The minimum absolute atomic E-state index is 0.0445. The van der Waals surface area contributed by atoms with Crippen LogP contribution in [0.1, 0.15) is 24.4 Å². The SMILES string of the molecule is COCc1nc(N2CCSC(C)C2C)sc1CO. The number of aromatic nitrogens is 1. The van der Waals surface area contributed by atoms with E-state index in [2.05, 4.69) is 23.7 Å². The van der Waals surface area contributed by atoms with Crippen molar-refractivity contribution in [3.8, 4) is 0 Å². The van der Waals surface area contributed by atoms with Gasteiger partial charge in [0.05, 0.1) is 23.8 Å². The monoisotopic (exact) mass is 288 g/mol. The van der Waals surface area contributed by atoms with Gasteiger partial charge in [0, 0.05) is 30.7 Å². The van der Waals surface area contributed by atoms with Gasteiger partial charge >= 0.3 is 0 Å². The fourth-order valence-electron chi connectivity index (χ4n) is 2.07. The van der Waals surface area contributed by atoms with Crippen LogP contribution in [0.15, 0.2) is 0 Å². The lowest BCUT2D eigenvalue weighted by molar-refractivity contribution is 0.179. The first-order chi connectivity index (χ1) is 8.67. The fourth-order valence-corrected chi connectivity index (χ4v) is 4.21. The Bertz CT molecular complexity index is 397. The molecule has 0 amide bonds. The van der Waals surface area contributed by atoms with Crippen LogP contribution in [-0.2, 0) is 18.0 Å². The lowest BCUT2D eigenvalue weighted by atomic mass is 10.2. The normalized spacial score (nSPS) is 24.6. The molecule has 0 radical (unpaired) electrons. The molecule has 0 spiro atoms. The molecule has 1 aliphatic heterocycles. The Labute approximate surface area is 116 Å². The molecule has 1 aliphatic rings. The molecule has 1 saturated heterocycles. The number of hydrogen-bond donors (Lipinski definition) is 1. The van der Waals surface area contributed by atoms with Gasteiger partial charge in [-0.25, -0.2) is 4.98 Å². The number of aliphatic hydroxyl groups excluding tert-OH is 1. The summed E-state index contributed by atoms with van der Waals surface area (Å²) in [5.41, 5.74) is 0.873. The van der Waals surface area contributed by atoms with Crippen LogP contribution in [0.2, 0.25) is 0 Å². The van der Waals surface area contributed by atoms with Gasteiger partial charge in [0.15, 0.2) is 5.13 Å². The summed E-state index contributed by atoms with van der Waals surface area (Å²) in [6.07, 6.45) is 0. The second-order valence-electron chi connectivity index (χ2n) is 4.47. The highest BCUT2D eigenvalue weighted by molar-refractivity contribution is 8.00. The molecule has 0 aromatic carbocycles. The second-order valence-corrected chi connectivity index (χ2v) is 7.01. The maximum absolute atomic E-state index is 9.37. The van der Waals surface area contributed by atoms with Gasteiger partial charge in [-0.15, -0.1) is 0 Å². The number of nitrogens with zero attached hydrogens (tertiary/aromatic N) is 2. The number of hydrogen-bond acceptors (Lipinski definition) is 6. The molecule has 0 aliphatic carbocycles. The van der Waals surface area contributed by atoms with Crippen LogP contribution < -0.4 is 4.90 Å². The minimum atomic E-state index is 0.0445. The summed E-state index contributed by atoms with van der Waals surface area (Å²) in [5, 5.41) is 11.0. The first kappa shape index (κ1) is 14.1. The standard InChI is InChI=1S/C12H20N2O2S2/c1-8-9(2)17-5-4-14(8)12-13-10(7-16-3)11(6-15)18-12/h8-9,15H,4-7H2,1-3H3. The number of aliphatic hydroxyl groups is 1. The van der Waals surface area contributed by atoms with Gasteiger partial charge in [-0.3, -0.25) is 0 Å². The van der Waals surface area contributed by atoms with Crippen molar-refractivity contribution in [2.24, 2.45) is 0 Å². The van der Waals surface area contributed by atoms with Gasteiger partial charge in [0.2, 0.25) is 0 Å². The zero-order valence-electron chi connectivity index (χ0n) is 11.0. The molecule has 6 heteroatoms. The van der Waals surface area contributed by atoms with E-state index in [0.717, 1.165) is 28.0 Å². The second kappa shape index (κ2) is 6.23. The summed E-state index contributed by atoms with van der Waals surface area (Å²) in [4.78, 5) is 7.90. The van der Waals surface area contributed by atoms with Crippen molar-refractivity contribution in [2.45, 2.75) is 38.4 Å². The number of thiazole rings is 1. The molecule has 0 bridgehead atoms. The maximum Gasteiger partial charge on any atom is 0.186 e. The Kier molecular flexibility index (Phi) is 4.89. The summed E-state index contributed by atoms with van der Waals surface area (Å²) in [6, 6.07) is 0.483. The third kappa shape index (κ3) is 2.82. The van der Waals surface area contributed by atoms with E-state index < -0.39 is 0 Å². The number of ether oxygens (including phenoxy) is 1. The third-order valence-corrected chi connectivity index (χ3v) is 5.78. The smallest absolute Gasteiger partial charge is 0.186 e. The van der Waals surface area contributed by atoms with E-state index in [1.54, 1.807) is 18.4 Å². The zero-order chi connectivity index (χ0) is 13.1. The van der Waals surface area contributed by atoms with E-state index in [1.165, 1.54) is 0 Å². The number of methoxy groups -OCH3 is 1. The molecule has 2 heterocycles. The lowest BCUT2D eigenvalue weighted by Crippen LogP contribution is -2.44. The van der Waals surface area contributed by atoms with Crippen LogP contribution in [0.5, 0.6) is 0 Å². The fraction of sp³-hybridized carbons (Fsp3) is 0.750. The quantitative estimate of drug-likeness (QED) is 0.919. The van der Waals surface area contributed by atoms with Crippen molar-refractivity contribution >= 4 is 28.2 Å². The molecule has 18 heavy (non-hydrogen) atoms. The van der Waals surface area contributed by atoms with E-state index >= 15 is 0 Å². The summed E-state index contributed by atoms with van der Waals surface area (Å²) in [7, 11) is 1.66. The van der Waals surface area contributed by atoms with Crippen molar-refractivity contribution in [3.05, 3.63) is 10.6 Å². The van der Waals surface area contributed by atoms with Crippen molar-refractivity contribution in [2.75, 3.05) is 24.3 Å². The maximum atomic E-state index is 9.37. The van der Waals surface area contributed by atoms with Crippen LogP contribution in [0.3, 0.4) is 0 Å². The molecule has 1 N–H and O–H groups in total. The Morgan fingerprint density at radius 1 is 1.50 bits per heavy atom. The number of anilines is 1. The average molecular weight is 288 g/mol. The van der Waals surface area contributed by atoms with Gasteiger partial charge in [-0.2, -0.15) is 11.8 Å². The Morgan fingerprint density at radius 2 is 2.28 bits per heavy atom. The molecular weight excluding hydrogens is 268 g/mol. The molecule has 102 valence electrons. The van der Waals surface area contributed by atoms with Crippen LogP contribution in [0, 0.1) is 0 Å². The largest absolute Gasteiger partial charge is 0.391 e. The van der Waals surface area contributed by atoms with E-state index in [0.29, 0.717) is 17.9 Å². The van der Waals surface area contributed by atoms with Crippen molar-refractivity contribution in [1.29, 1.82) is 0 Å². The number of thioether (sulfide) groups is 1. The van der Waals surface area contributed by atoms with E-state index in [4.69, 9.17) is 4.74 Å². The molecule has 2 atom stereocenters. The first-order valence-corrected chi connectivity index (χ1v) is 8.00. The molecule has 1 fully saturated rings. The van der Waals surface area contributed by atoms with Crippen molar-refractivity contribution in [3.63, 3.8) is 0 Å². The molecule has 1 aromatic rings. The zero-order valence-corrected chi connectivity index (χ0v) is 12.7. The predicted octanol–water partition coefficient (Wildman–Crippen LogP) is 2.11. The average Bonchev–Trinajstić information content (AvgIpc) is 2.76. The topological polar surface area (TPSA) is 45.6 Å². The highest BCUT2D eigenvalue weighted by Crippen LogP contribution is 2.33. The third-order valence-electron chi connectivity index (χ3n) is 3.32. The molecule has 0 saturated carbocycles. The van der Waals surface area contributed by atoms with Gasteiger partial charge in [-0.05, 0) is 6.92 Å². The molecule has 4 nitrogen and oxygen atoms in total. The first-order valence-electron chi connectivity index (χ1n) is 6.14. The van der Waals surface area contributed by atoms with Crippen LogP contribution in [0.4, 0.5) is 5.13 Å². The molecular formula is C12H20N2O2S2.